The number of aromatic nitrogens is 5. The fourth-order valence-corrected chi connectivity index (χ4v) is 4.85. The number of H-pyrrole nitrogens is 1. The number of hydrogen-bond acceptors (Lipinski definition) is 6. The van der Waals surface area contributed by atoms with Crippen LogP contribution in [0.4, 0.5) is 5.82 Å². The molecule has 0 spiro atoms. The highest BCUT2D eigenvalue weighted by atomic mass is 35.5. The lowest BCUT2D eigenvalue weighted by molar-refractivity contribution is 0.0951. The van der Waals surface area contributed by atoms with E-state index in [1.54, 1.807) is 12.1 Å². The number of fused-ring (bicyclic) bond motifs is 2. The molecule has 2 atom stereocenters. The standard InChI is InChI=1S/C22H22ClN7O2/c23-17-14-6-1-10(22(32)27-11-2-3-11)7-15(14)28-19(17)18-16-20(24)25-9-26-21(16)30(29-18)12-4-5-13(31)8-12/h1,6-7,9,11-13,28,31H,2-5,8H2,(H,27,32)(H2,24,25,26). The summed E-state index contributed by atoms with van der Waals surface area (Å²) in [4.78, 5) is 24.4. The van der Waals surface area contributed by atoms with E-state index in [2.05, 4.69) is 20.3 Å². The molecule has 2 aliphatic rings. The minimum absolute atomic E-state index is 0.0245. The molecule has 2 fully saturated rings. The molecular formula is C22H22ClN7O2. The summed E-state index contributed by atoms with van der Waals surface area (Å²) >= 11 is 6.76. The molecule has 1 amide bonds. The molecule has 1 aromatic carbocycles. The Balaban J connectivity index is 1.48. The maximum atomic E-state index is 12.5. The van der Waals surface area contributed by atoms with E-state index in [0.29, 0.717) is 45.2 Å². The summed E-state index contributed by atoms with van der Waals surface area (Å²) in [6.07, 6.45) is 5.27. The second-order valence-electron chi connectivity index (χ2n) is 8.69. The zero-order valence-corrected chi connectivity index (χ0v) is 17.9. The molecule has 3 aromatic heterocycles. The first-order chi connectivity index (χ1) is 15.5. The molecule has 164 valence electrons. The van der Waals surface area contributed by atoms with Gasteiger partial charge < -0.3 is 21.1 Å². The number of hydrogen-bond donors (Lipinski definition) is 4. The maximum Gasteiger partial charge on any atom is 0.251 e. The molecule has 5 N–H and O–H groups in total. The van der Waals surface area contributed by atoms with Crippen molar-refractivity contribution in [1.82, 2.24) is 30.0 Å². The Morgan fingerprint density at radius 2 is 2.09 bits per heavy atom. The van der Waals surface area contributed by atoms with Crippen LogP contribution in [-0.2, 0) is 0 Å². The third-order valence-corrected chi connectivity index (χ3v) is 6.78. The number of nitrogen functional groups attached to an aromatic ring is 1. The van der Waals surface area contributed by atoms with Crippen LogP contribution in [0.3, 0.4) is 0 Å². The summed E-state index contributed by atoms with van der Waals surface area (Å²) in [6, 6.07) is 5.72. The molecule has 2 aliphatic carbocycles. The molecule has 0 radical (unpaired) electrons. The molecule has 4 aromatic rings. The van der Waals surface area contributed by atoms with Crippen molar-refractivity contribution < 1.29 is 9.90 Å². The number of nitrogens with zero attached hydrogens (tertiary/aromatic N) is 4. The molecule has 2 unspecified atom stereocenters. The number of aromatic amines is 1. The summed E-state index contributed by atoms with van der Waals surface area (Å²) in [5.74, 6) is 0.225. The van der Waals surface area contributed by atoms with Crippen molar-refractivity contribution in [3.63, 3.8) is 0 Å². The van der Waals surface area contributed by atoms with E-state index in [9.17, 15) is 9.90 Å². The average molecular weight is 452 g/mol. The van der Waals surface area contributed by atoms with Gasteiger partial charge in [0.1, 0.15) is 17.8 Å². The van der Waals surface area contributed by atoms with Crippen LogP contribution in [0, 0.1) is 0 Å². The fourth-order valence-electron chi connectivity index (χ4n) is 4.55. The van der Waals surface area contributed by atoms with E-state index in [-0.39, 0.29) is 24.1 Å². The van der Waals surface area contributed by atoms with Crippen LogP contribution >= 0.6 is 11.6 Å². The van der Waals surface area contributed by atoms with Gasteiger partial charge in [0.2, 0.25) is 0 Å². The van der Waals surface area contributed by atoms with Gasteiger partial charge in [-0.2, -0.15) is 5.10 Å². The summed E-state index contributed by atoms with van der Waals surface area (Å²) in [7, 11) is 0. The van der Waals surface area contributed by atoms with Crippen molar-refractivity contribution in [2.45, 2.75) is 50.3 Å². The van der Waals surface area contributed by atoms with Crippen molar-refractivity contribution >= 4 is 45.3 Å². The van der Waals surface area contributed by atoms with Gasteiger partial charge in [0.15, 0.2) is 5.65 Å². The van der Waals surface area contributed by atoms with Gasteiger partial charge in [0.05, 0.1) is 28.2 Å². The van der Waals surface area contributed by atoms with Crippen molar-refractivity contribution in [2.24, 2.45) is 0 Å². The monoisotopic (exact) mass is 451 g/mol. The number of rotatable bonds is 4. The van der Waals surface area contributed by atoms with Crippen LogP contribution in [0.15, 0.2) is 24.5 Å². The first kappa shape index (κ1) is 19.5. The Bertz CT molecular complexity index is 1370. The molecule has 0 bridgehead atoms. The number of carbonyl (C=O) groups is 1. The lowest BCUT2D eigenvalue weighted by atomic mass is 10.1. The molecule has 6 rings (SSSR count). The predicted octanol–water partition coefficient (Wildman–Crippen LogP) is 3.19. The highest BCUT2D eigenvalue weighted by Gasteiger charge is 2.30. The van der Waals surface area contributed by atoms with E-state index in [0.717, 1.165) is 36.6 Å². The Kier molecular flexibility index (Phi) is 4.38. The maximum absolute atomic E-state index is 12.5. The number of nitrogens with one attached hydrogen (secondary N) is 2. The summed E-state index contributed by atoms with van der Waals surface area (Å²) in [5.41, 5.74) is 9.32. The van der Waals surface area contributed by atoms with Crippen molar-refractivity contribution in [3.05, 3.63) is 35.1 Å². The van der Waals surface area contributed by atoms with E-state index in [1.807, 2.05) is 10.7 Å². The number of carbonyl (C=O) groups excluding carboxylic acids is 1. The van der Waals surface area contributed by atoms with E-state index in [1.165, 1.54) is 6.33 Å². The van der Waals surface area contributed by atoms with Gasteiger partial charge in [0, 0.05) is 22.5 Å². The molecule has 2 saturated carbocycles. The van der Waals surface area contributed by atoms with Gasteiger partial charge in [-0.05, 0) is 44.2 Å². The van der Waals surface area contributed by atoms with Gasteiger partial charge in [-0.15, -0.1) is 0 Å². The minimum atomic E-state index is -0.348. The van der Waals surface area contributed by atoms with Crippen molar-refractivity contribution in [2.75, 3.05) is 5.73 Å². The van der Waals surface area contributed by atoms with Gasteiger partial charge in [0.25, 0.3) is 5.91 Å². The van der Waals surface area contributed by atoms with Crippen LogP contribution in [0.25, 0.3) is 33.3 Å². The molecule has 0 saturated heterocycles. The predicted molar refractivity (Wildman–Crippen MR) is 121 cm³/mol. The van der Waals surface area contributed by atoms with Gasteiger partial charge in [-0.1, -0.05) is 17.7 Å². The topological polar surface area (TPSA) is 135 Å². The van der Waals surface area contributed by atoms with Crippen molar-refractivity contribution in [3.8, 4) is 11.4 Å². The van der Waals surface area contributed by atoms with Gasteiger partial charge in [-0.25, -0.2) is 14.6 Å². The number of benzene rings is 1. The smallest absolute Gasteiger partial charge is 0.251 e. The number of anilines is 1. The molecule has 10 heteroatoms. The normalized spacial score (nSPS) is 20.9. The van der Waals surface area contributed by atoms with Crippen LogP contribution < -0.4 is 11.1 Å². The van der Waals surface area contributed by atoms with E-state index >= 15 is 0 Å². The van der Waals surface area contributed by atoms with E-state index in [4.69, 9.17) is 22.4 Å². The first-order valence-corrected chi connectivity index (χ1v) is 11.2. The Labute approximate surface area is 188 Å². The lowest BCUT2D eigenvalue weighted by Gasteiger charge is -2.10. The fraction of sp³-hybridized carbons (Fsp3) is 0.364. The van der Waals surface area contributed by atoms with Crippen LogP contribution in [0.2, 0.25) is 5.02 Å². The molecule has 32 heavy (non-hydrogen) atoms. The number of amides is 1. The zero-order valence-electron chi connectivity index (χ0n) is 17.2. The second-order valence-corrected chi connectivity index (χ2v) is 9.07. The van der Waals surface area contributed by atoms with Crippen LogP contribution in [0.5, 0.6) is 0 Å². The van der Waals surface area contributed by atoms with Crippen LogP contribution in [0.1, 0.15) is 48.5 Å². The number of halogens is 1. The van der Waals surface area contributed by atoms with Crippen molar-refractivity contribution in [1.29, 1.82) is 0 Å². The summed E-state index contributed by atoms with van der Waals surface area (Å²) in [5, 5.41) is 19.8. The molecule has 3 heterocycles. The van der Waals surface area contributed by atoms with Gasteiger partial charge >= 0.3 is 0 Å². The summed E-state index contributed by atoms with van der Waals surface area (Å²) < 4.78 is 1.83. The minimum Gasteiger partial charge on any atom is -0.393 e. The Hall–Kier alpha value is -3.17. The molecule has 0 aliphatic heterocycles. The van der Waals surface area contributed by atoms with Crippen LogP contribution in [-0.4, -0.2) is 47.9 Å². The largest absolute Gasteiger partial charge is 0.393 e. The SMILES string of the molecule is Nc1ncnc2c1c(-c1[nH]c3cc(C(=O)NC4CC4)ccc3c1Cl)nn2C1CCC(O)C1. The number of aliphatic hydroxyl groups is 1. The quantitative estimate of drug-likeness (QED) is 0.376. The number of aliphatic hydroxyl groups excluding tert-OH is 1. The molecule has 9 nitrogen and oxygen atoms in total. The third kappa shape index (κ3) is 3.11. The highest BCUT2D eigenvalue weighted by Crippen LogP contribution is 2.40. The van der Waals surface area contributed by atoms with Gasteiger partial charge in [-0.3, -0.25) is 4.79 Å². The molecular weight excluding hydrogens is 430 g/mol. The Morgan fingerprint density at radius 1 is 1.25 bits per heavy atom. The number of nitrogens with two attached hydrogens (primary N) is 1. The van der Waals surface area contributed by atoms with E-state index < -0.39 is 0 Å². The summed E-state index contributed by atoms with van der Waals surface area (Å²) in [6.45, 7) is 0. The second kappa shape index (κ2) is 7.18. The first-order valence-electron chi connectivity index (χ1n) is 10.8. The average Bonchev–Trinajstić information content (AvgIpc) is 3.20. The highest BCUT2D eigenvalue weighted by molar-refractivity contribution is 6.38. The third-order valence-electron chi connectivity index (χ3n) is 6.39. The lowest BCUT2D eigenvalue weighted by Crippen LogP contribution is -2.25. The zero-order chi connectivity index (χ0) is 22.0. The Morgan fingerprint density at radius 3 is 2.84 bits per heavy atom.